The van der Waals surface area contributed by atoms with Gasteiger partial charge < -0.3 is 21.1 Å². The zero-order valence-electron chi connectivity index (χ0n) is 21.5. The van der Waals surface area contributed by atoms with Crippen LogP contribution >= 0.6 is 0 Å². The highest BCUT2D eigenvalue weighted by molar-refractivity contribution is 5.96. The molecule has 1 aliphatic rings. The minimum Gasteiger partial charge on any atom is -0.385 e. The summed E-state index contributed by atoms with van der Waals surface area (Å²) in [6.07, 6.45) is -0.255. The SMILES string of the molecule is C[C@H](CC(=N)C1CCC(O)(c2ccnc3ccccc23)CC1)NC(=O)CNC(=O)c1cccc(C(F)(F)F)c1. The first-order chi connectivity index (χ1) is 18.5. The van der Waals surface area contributed by atoms with Crippen LogP contribution in [0.15, 0.2) is 60.8 Å². The van der Waals surface area contributed by atoms with Crippen molar-refractivity contribution in [3.05, 3.63) is 77.5 Å². The second-order valence-corrected chi connectivity index (χ2v) is 10.1. The van der Waals surface area contributed by atoms with Gasteiger partial charge in [-0.05, 0) is 74.4 Å². The van der Waals surface area contributed by atoms with Crippen LogP contribution in [-0.2, 0) is 16.6 Å². The molecule has 1 fully saturated rings. The zero-order chi connectivity index (χ0) is 28.2. The number of aromatic nitrogens is 1. The quantitative estimate of drug-likeness (QED) is 0.302. The van der Waals surface area contributed by atoms with Crippen LogP contribution in [0.3, 0.4) is 0 Å². The fraction of sp³-hybridized carbons (Fsp3) is 0.379. The molecule has 206 valence electrons. The molecule has 1 atom stereocenters. The predicted molar refractivity (Wildman–Crippen MR) is 141 cm³/mol. The first-order valence-corrected chi connectivity index (χ1v) is 12.8. The Balaban J connectivity index is 1.25. The number of carbonyl (C=O) groups is 2. The Morgan fingerprint density at radius 3 is 2.56 bits per heavy atom. The van der Waals surface area contributed by atoms with Crippen molar-refractivity contribution in [2.45, 2.75) is 56.8 Å². The third kappa shape index (κ3) is 6.81. The Bertz CT molecular complexity index is 1360. The second kappa shape index (κ2) is 11.5. The van der Waals surface area contributed by atoms with E-state index < -0.39 is 35.7 Å². The van der Waals surface area contributed by atoms with Crippen LogP contribution in [0.2, 0.25) is 0 Å². The fourth-order valence-electron chi connectivity index (χ4n) is 5.19. The first-order valence-electron chi connectivity index (χ1n) is 12.8. The molecule has 4 N–H and O–H groups in total. The van der Waals surface area contributed by atoms with E-state index in [0.29, 0.717) is 37.8 Å². The molecular weight excluding hydrogens is 509 g/mol. The van der Waals surface area contributed by atoms with Gasteiger partial charge in [0.1, 0.15) is 0 Å². The first kappa shape index (κ1) is 28.2. The molecule has 4 rings (SSSR count). The maximum absolute atomic E-state index is 12.9. The van der Waals surface area contributed by atoms with Crippen molar-refractivity contribution < 1.29 is 27.9 Å². The Hall–Kier alpha value is -3.79. The number of fused-ring (bicyclic) bond motifs is 1. The molecule has 3 aromatic rings. The molecule has 0 saturated heterocycles. The average molecular weight is 541 g/mol. The van der Waals surface area contributed by atoms with Gasteiger partial charge >= 0.3 is 6.18 Å². The number of nitrogens with one attached hydrogen (secondary N) is 3. The van der Waals surface area contributed by atoms with E-state index in [1.807, 2.05) is 30.3 Å². The summed E-state index contributed by atoms with van der Waals surface area (Å²) in [5.74, 6) is -1.30. The van der Waals surface area contributed by atoms with E-state index in [1.165, 1.54) is 6.07 Å². The number of nitrogens with zero attached hydrogens (tertiary/aromatic N) is 1. The maximum atomic E-state index is 12.9. The van der Waals surface area contributed by atoms with Crippen molar-refractivity contribution in [1.82, 2.24) is 15.6 Å². The van der Waals surface area contributed by atoms with Crippen molar-refractivity contribution in [3.63, 3.8) is 0 Å². The van der Waals surface area contributed by atoms with Gasteiger partial charge in [0, 0.05) is 35.3 Å². The second-order valence-electron chi connectivity index (χ2n) is 10.1. The summed E-state index contributed by atoms with van der Waals surface area (Å²) in [6.45, 7) is 1.35. The highest BCUT2D eigenvalue weighted by atomic mass is 19.4. The Labute approximate surface area is 224 Å². The lowest BCUT2D eigenvalue weighted by molar-refractivity contribution is -0.137. The number of aliphatic hydroxyl groups is 1. The Kier molecular flexibility index (Phi) is 8.34. The van der Waals surface area contributed by atoms with Crippen LogP contribution in [0.4, 0.5) is 13.2 Å². The van der Waals surface area contributed by atoms with Gasteiger partial charge in [-0.1, -0.05) is 24.3 Å². The van der Waals surface area contributed by atoms with Crippen LogP contribution in [0.25, 0.3) is 10.9 Å². The van der Waals surface area contributed by atoms with E-state index in [1.54, 1.807) is 13.1 Å². The molecule has 2 aromatic carbocycles. The maximum Gasteiger partial charge on any atom is 0.416 e. The topological polar surface area (TPSA) is 115 Å². The number of pyridine rings is 1. The molecular formula is C29H31F3N4O3. The smallest absolute Gasteiger partial charge is 0.385 e. The lowest BCUT2D eigenvalue weighted by atomic mass is 9.72. The normalized spacial score (nSPS) is 20.3. The standard InChI is InChI=1S/C29H31F3N4O3/c1-18(36-26(37)17-35-27(38)20-5-4-6-21(16-20)29(30,31)32)15-24(33)19-9-12-28(39,13-10-19)23-11-14-34-25-8-3-2-7-22(23)25/h2-8,11,14,16,18-19,33,39H,9-10,12-13,15,17H2,1H3,(H,35,38)(H,36,37)/t18-,19?,28?/m1/s1. The van der Waals surface area contributed by atoms with Gasteiger partial charge in [0.05, 0.1) is 23.2 Å². The van der Waals surface area contributed by atoms with Gasteiger partial charge in [0.25, 0.3) is 5.91 Å². The third-order valence-electron chi connectivity index (χ3n) is 7.25. The van der Waals surface area contributed by atoms with Crippen molar-refractivity contribution in [2.24, 2.45) is 5.92 Å². The van der Waals surface area contributed by atoms with E-state index in [9.17, 15) is 27.9 Å². The highest BCUT2D eigenvalue weighted by Gasteiger charge is 2.37. The van der Waals surface area contributed by atoms with Gasteiger partial charge in [-0.25, -0.2) is 0 Å². The van der Waals surface area contributed by atoms with E-state index >= 15 is 0 Å². The number of rotatable bonds is 8. The molecule has 1 aromatic heterocycles. The van der Waals surface area contributed by atoms with E-state index in [4.69, 9.17) is 5.41 Å². The summed E-state index contributed by atoms with van der Waals surface area (Å²) in [5, 5.41) is 26.0. The highest BCUT2D eigenvalue weighted by Crippen LogP contribution is 2.42. The summed E-state index contributed by atoms with van der Waals surface area (Å²) in [7, 11) is 0. The van der Waals surface area contributed by atoms with Gasteiger partial charge in [0.2, 0.25) is 5.91 Å². The minimum atomic E-state index is -4.57. The average Bonchev–Trinajstić information content (AvgIpc) is 2.91. The summed E-state index contributed by atoms with van der Waals surface area (Å²) < 4.78 is 38.6. The molecule has 1 heterocycles. The largest absolute Gasteiger partial charge is 0.416 e. The Morgan fingerprint density at radius 1 is 1.13 bits per heavy atom. The predicted octanol–water partition coefficient (Wildman–Crippen LogP) is 4.98. The van der Waals surface area contributed by atoms with E-state index in [0.717, 1.165) is 34.7 Å². The molecule has 1 saturated carbocycles. The van der Waals surface area contributed by atoms with E-state index in [2.05, 4.69) is 15.6 Å². The van der Waals surface area contributed by atoms with Crippen molar-refractivity contribution in [1.29, 1.82) is 5.41 Å². The summed E-state index contributed by atoms with van der Waals surface area (Å²) >= 11 is 0. The van der Waals surface area contributed by atoms with Crippen LogP contribution in [-0.4, -0.2) is 40.2 Å². The lowest BCUT2D eigenvalue weighted by Gasteiger charge is -2.37. The number of benzene rings is 2. The van der Waals surface area contributed by atoms with Crippen LogP contribution in [0.5, 0.6) is 0 Å². The van der Waals surface area contributed by atoms with Crippen LogP contribution in [0.1, 0.15) is 60.5 Å². The zero-order valence-corrected chi connectivity index (χ0v) is 21.5. The third-order valence-corrected chi connectivity index (χ3v) is 7.25. The molecule has 10 heteroatoms. The minimum absolute atomic E-state index is 0.0154. The number of carbonyl (C=O) groups excluding carboxylic acids is 2. The number of hydrogen-bond donors (Lipinski definition) is 4. The van der Waals surface area contributed by atoms with Crippen LogP contribution < -0.4 is 10.6 Å². The van der Waals surface area contributed by atoms with Gasteiger partial charge in [0.15, 0.2) is 0 Å². The van der Waals surface area contributed by atoms with Crippen molar-refractivity contribution in [3.8, 4) is 0 Å². The fourth-order valence-corrected chi connectivity index (χ4v) is 5.19. The molecule has 2 amide bonds. The molecule has 7 nitrogen and oxygen atoms in total. The van der Waals surface area contributed by atoms with Crippen LogP contribution in [0, 0.1) is 11.3 Å². The Morgan fingerprint density at radius 2 is 1.85 bits per heavy atom. The molecule has 0 bridgehead atoms. The van der Waals surface area contributed by atoms with Gasteiger partial charge in [-0.15, -0.1) is 0 Å². The number of alkyl halides is 3. The number of para-hydroxylation sites is 1. The van der Waals surface area contributed by atoms with E-state index in [-0.39, 0.29) is 17.5 Å². The van der Waals surface area contributed by atoms with Crippen molar-refractivity contribution in [2.75, 3.05) is 6.54 Å². The summed E-state index contributed by atoms with van der Waals surface area (Å²) in [4.78, 5) is 28.9. The summed E-state index contributed by atoms with van der Waals surface area (Å²) in [6, 6.07) is 13.2. The molecule has 0 radical (unpaired) electrons. The molecule has 0 unspecified atom stereocenters. The lowest BCUT2D eigenvalue weighted by Crippen LogP contribution is -2.42. The van der Waals surface area contributed by atoms with Gasteiger partial charge in [-0.2, -0.15) is 13.2 Å². The number of amides is 2. The number of hydrogen-bond acceptors (Lipinski definition) is 5. The monoisotopic (exact) mass is 540 g/mol. The molecule has 0 aliphatic heterocycles. The van der Waals surface area contributed by atoms with Gasteiger partial charge in [-0.3, -0.25) is 14.6 Å². The summed E-state index contributed by atoms with van der Waals surface area (Å²) in [5.41, 5.74) is 0.0421. The molecule has 39 heavy (non-hydrogen) atoms. The molecule has 0 spiro atoms. The van der Waals surface area contributed by atoms with Crippen molar-refractivity contribution >= 4 is 28.4 Å². The number of halogens is 3. The molecule has 1 aliphatic carbocycles.